The summed E-state index contributed by atoms with van der Waals surface area (Å²) in [5.74, 6) is 0. The van der Waals surface area contributed by atoms with Crippen LogP contribution in [0, 0.1) is 18.3 Å². The van der Waals surface area contributed by atoms with Gasteiger partial charge in [-0.3, -0.25) is 4.72 Å². The lowest BCUT2D eigenvalue weighted by Gasteiger charge is -2.12. The molecule has 6 nitrogen and oxygen atoms in total. The predicted molar refractivity (Wildman–Crippen MR) is 104 cm³/mol. The van der Waals surface area contributed by atoms with Crippen LogP contribution >= 0.6 is 7.14 Å². The van der Waals surface area contributed by atoms with Crippen LogP contribution in [-0.2, 0) is 14.6 Å². The van der Waals surface area contributed by atoms with Gasteiger partial charge < -0.3 is 9.55 Å². The molecule has 0 aliphatic heterocycles. The Kier molecular flexibility index (Phi) is 4.43. The highest BCUT2D eigenvalue weighted by Crippen LogP contribution is 2.35. The number of rotatable bonds is 4. The zero-order valence-corrected chi connectivity index (χ0v) is 16.3. The molecule has 1 aromatic heterocycles. The molecule has 3 aromatic rings. The maximum absolute atomic E-state index is 12.8. The van der Waals surface area contributed by atoms with Crippen LogP contribution in [0.4, 0.5) is 5.69 Å². The third-order valence-corrected chi connectivity index (χ3v) is 7.04. The Morgan fingerprint density at radius 1 is 1.19 bits per heavy atom. The Morgan fingerprint density at radius 3 is 2.58 bits per heavy atom. The van der Waals surface area contributed by atoms with E-state index in [9.17, 15) is 18.2 Å². The molecule has 1 heterocycles. The van der Waals surface area contributed by atoms with Crippen LogP contribution in [-0.4, -0.2) is 26.7 Å². The Morgan fingerprint density at radius 2 is 1.92 bits per heavy atom. The zero-order chi connectivity index (χ0) is 19.1. The van der Waals surface area contributed by atoms with Gasteiger partial charge in [-0.1, -0.05) is 18.2 Å². The van der Waals surface area contributed by atoms with Crippen molar-refractivity contribution in [2.75, 3.05) is 18.1 Å². The summed E-state index contributed by atoms with van der Waals surface area (Å²) in [4.78, 5) is 3.01. The number of hydrogen-bond donors (Lipinski definition) is 2. The van der Waals surface area contributed by atoms with Crippen LogP contribution in [0.15, 0.2) is 47.5 Å². The molecule has 2 aromatic carbocycles. The van der Waals surface area contributed by atoms with Crippen LogP contribution in [0.1, 0.15) is 11.1 Å². The Balaban J connectivity index is 2.08. The van der Waals surface area contributed by atoms with E-state index in [0.717, 1.165) is 5.56 Å². The van der Waals surface area contributed by atoms with Gasteiger partial charge in [0.25, 0.3) is 10.0 Å². The smallest absolute Gasteiger partial charge is 0.261 e. The molecular weight excluding hydrogens is 369 g/mol. The summed E-state index contributed by atoms with van der Waals surface area (Å²) in [6.45, 7) is 5.05. The van der Waals surface area contributed by atoms with Gasteiger partial charge >= 0.3 is 0 Å². The number of anilines is 1. The molecule has 0 unspecified atom stereocenters. The fourth-order valence-corrected chi connectivity index (χ4v) is 4.88. The summed E-state index contributed by atoms with van der Waals surface area (Å²) in [7, 11) is -6.45. The monoisotopic (exact) mass is 387 g/mol. The summed E-state index contributed by atoms with van der Waals surface area (Å²) >= 11 is 0. The van der Waals surface area contributed by atoms with Gasteiger partial charge in [-0.25, -0.2) is 8.42 Å². The molecule has 2 N–H and O–H groups in total. The van der Waals surface area contributed by atoms with Gasteiger partial charge in [-0.2, -0.15) is 5.26 Å². The van der Waals surface area contributed by atoms with Crippen molar-refractivity contribution >= 4 is 39.1 Å². The quantitative estimate of drug-likeness (QED) is 0.670. The first-order valence-corrected chi connectivity index (χ1v) is 11.9. The number of nitrogens with one attached hydrogen (secondary N) is 2. The number of H-pyrrole nitrogens is 1. The summed E-state index contributed by atoms with van der Waals surface area (Å²) in [5, 5.41) is 10.4. The number of aromatic nitrogens is 1. The van der Waals surface area contributed by atoms with E-state index >= 15 is 0 Å². The molecule has 0 radical (unpaired) electrons. The fraction of sp³-hybridized carbons (Fsp3) is 0.167. The van der Waals surface area contributed by atoms with Crippen molar-refractivity contribution in [1.82, 2.24) is 4.98 Å². The van der Waals surface area contributed by atoms with E-state index in [-0.39, 0.29) is 4.90 Å². The second-order valence-electron chi connectivity index (χ2n) is 6.45. The lowest BCUT2D eigenvalue weighted by molar-refractivity contribution is 0.588. The highest BCUT2D eigenvalue weighted by Gasteiger charge is 2.20. The molecule has 0 atom stereocenters. The minimum absolute atomic E-state index is 0.0414. The normalized spacial score (nSPS) is 12.1. The molecule has 0 bridgehead atoms. The maximum atomic E-state index is 12.8. The molecule has 0 aliphatic carbocycles. The molecule has 0 fully saturated rings. The Bertz CT molecular complexity index is 1200. The first-order chi connectivity index (χ1) is 12.1. The Labute approximate surface area is 152 Å². The number of hydrogen-bond acceptors (Lipinski definition) is 4. The van der Waals surface area contributed by atoms with E-state index in [1.54, 1.807) is 43.8 Å². The minimum Gasteiger partial charge on any atom is -0.358 e. The lowest BCUT2D eigenvalue weighted by Crippen LogP contribution is -2.15. The van der Waals surface area contributed by atoms with E-state index in [4.69, 9.17) is 0 Å². The van der Waals surface area contributed by atoms with Crippen LogP contribution in [0.5, 0.6) is 0 Å². The zero-order valence-electron chi connectivity index (χ0n) is 14.6. The SMILES string of the molecule is Cc1ccc(NS(=O)(=O)c2cccc(P(C)(C)=O)c2)c2[nH]cc(C#N)c12. The van der Waals surface area contributed by atoms with Crippen LogP contribution in [0.25, 0.3) is 10.9 Å². The number of sulfonamides is 1. The molecule has 26 heavy (non-hydrogen) atoms. The fourth-order valence-electron chi connectivity index (χ4n) is 2.78. The van der Waals surface area contributed by atoms with Crippen molar-refractivity contribution in [3.05, 3.63) is 53.7 Å². The van der Waals surface area contributed by atoms with Gasteiger partial charge in [0.05, 0.1) is 21.7 Å². The van der Waals surface area contributed by atoms with E-state index in [1.807, 2.05) is 6.92 Å². The summed E-state index contributed by atoms with van der Waals surface area (Å²) in [5.41, 5.74) is 2.24. The number of fused-ring (bicyclic) bond motifs is 1. The molecule has 0 aliphatic rings. The number of benzene rings is 2. The second kappa shape index (κ2) is 6.31. The summed E-state index contributed by atoms with van der Waals surface area (Å²) < 4.78 is 40.4. The van der Waals surface area contributed by atoms with Gasteiger partial charge in [0.15, 0.2) is 0 Å². The number of nitrogens with zero attached hydrogens (tertiary/aromatic N) is 1. The van der Waals surface area contributed by atoms with Gasteiger partial charge in [-0.05, 0) is 44.0 Å². The topological polar surface area (TPSA) is 103 Å². The van der Waals surface area contributed by atoms with Crippen molar-refractivity contribution in [2.24, 2.45) is 0 Å². The summed E-state index contributed by atoms with van der Waals surface area (Å²) in [6.07, 6.45) is 1.56. The molecule has 0 saturated carbocycles. The van der Waals surface area contributed by atoms with Gasteiger partial charge in [0.2, 0.25) is 0 Å². The molecule has 134 valence electrons. The molecule has 3 rings (SSSR count). The Hall–Kier alpha value is -2.55. The summed E-state index contributed by atoms with van der Waals surface area (Å²) in [6, 6.07) is 11.6. The molecule has 0 spiro atoms. The standard InChI is InChI=1S/C18H18N3O3PS/c1-12-7-8-16(18-17(12)13(10-19)11-20-18)21-26(23,24)15-6-4-5-14(9-15)25(2,3)22/h4-9,11,20-21H,1-3H3. The molecule has 0 amide bonds. The highest BCUT2D eigenvalue weighted by atomic mass is 32.2. The van der Waals surface area contributed by atoms with Crippen LogP contribution in [0.2, 0.25) is 0 Å². The lowest BCUT2D eigenvalue weighted by atomic mass is 10.1. The van der Waals surface area contributed by atoms with Gasteiger partial charge in [-0.15, -0.1) is 0 Å². The van der Waals surface area contributed by atoms with Crippen LogP contribution < -0.4 is 10.0 Å². The van der Waals surface area contributed by atoms with E-state index < -0.39 is 17.2 Å². The first kappa shape index (κ1) is 18.2. The van der Waals surface area contributed by atoms with Crippen LogP contribution in [0.3, 0.4) is 0 Å². The second-order valence-corrected chi connectivity index (χ2v) is 11.3. The van der Waals surface area contributed by atoms with Crippen molar-refractivity contribution in [3.8, 4) is 6.07 Å². The average molecular weight is 387 g/mol. The van der Waals surface area contributed by atoms with E-state index in [0.29, 0.717) is 27.5 Å². The third kappa shape index (κ3) is 3.26. The number of nitriles is 1. The predicted octanol–water partition coefficient (Wildman–Crippen LogP) is 3.40. The first-order valence-electron chi connectivity index (χ1n) is 7.83. The van der Waals surface area contributed by atoms with E-state index in [1.165, 1.54) is 12.1 Å². The van der Waals surface area contributed by atoms with Crippen molar-refractivity contribution in [2.45, 2.75) is 11.8 Å². The maximum Gasteiger partial charge on any atom is 0.261 e. The van der Waals surface area contributed by atoms with Crippen molar-refractivity contribution < 1.29 is 13.0 Å². The van der Waals surface area contributed by atoms with Crippen molar-refractivity contribution in [3.63, 3.8) is 0 Å². The highest BCUT2D eigenvalue weighted by molar-refractivity contribution is 7.92. The molecule has 8 heteroatoms. The van der Waals surface area contributed by atoms with Gasteiger partial charge in [0, 0.05) is 16.9 Å². The van der Waals surface area contributed by atoms with Gasteiger partial charge in [0.1, 0.15) is 13.2 Å². The largest absolute Gasteiger partial charge is 0.358 e. The minimum atomic E-state index is -3.87. The third-order valence-electron chi connectivity index (χ3n) is 4.16. The number of aromatic amines is 1. The van der Waals surface area contributed by atoms with Crippen molar-refractivity contribution in [1.29, 1.82) is 5.26 Å². The number of aryl methyl sites for hydroxylation is 1. The molecular formula is C18H18N3O3PS. The van der Waals surface area contributed by atoms with E-state index in [2.05, 4.69) is 15.8 Å². The average Bonchev–Trinajstić information content (AvgIpc) is 3.02. The molecule has 0 saturated heterocycles.